The number of nitrogens with zero attached hydrogens (tertiary/aromatic N) is 2. The lowest BCUT2D eigenvalue weighted by molar-refractivity contribution is -0.201. The van der Waals surface area contributed by atoms with Crippen LogP contribution < -0.4 is 0 Å². The summed E-state index contributed by atoms with van der Waals surface area (Å²) in [6, 6.07) is 3.49. The Hall–Kier alpha value is -2.36. The van der Waals surface area contributed by atoms with Crippen LogP contribution in [0.25, 0.3) is 11.3 Å². The monoisotopic (exact) mass is 331 g/mol. The van der Waals surface area contributed by atoms with Gasteiger partial charge in [0.2, 0.25) is 0 Å². The van der Waals surface area contributed by atoms with Crippen LogP contribution in [0.2, 0.25) is 0 Å². The second-order valence-corrected chi connectivity index (χ2v) is 4.84. The maximum Gasteiger partial charge on any atom is 0.491 e. The number of pyridine rings is 1. The van der Waals surface area contributed by atoms with Crippen LogP contribution in [-0.2, 0) is 14.3 Å². The largest absolute Gasteiger partial charge is 0.491 e. The molecule has 0 unspecified atom stereocenters. The number of hydrogen-bond acceptors (Lipinski definition) is 6. The maximum absolute atomic E-state index is 11.9. The average molecular weight is 331 g/mol. The van der Waals surface area contributed by atoms with Gasteiger partial charge in [-0.1, -0.05) is 11.8 Å². The number of alkyl halides is 3. The first-order chi connectivity index (χ1) is 10.4. The molecule has 2 aromatic heterocycles. The summed E-state index contributed by atoms with van der Waals surface area (Å²) in [5.41, 5.74) is 1.30. The lowest BCUT2D eigenvalue weighted by Gasteiger charge is -2.04. The van der Waals surface area contributed by atoms with Gasteiger partial charge in [-0.2, -0.15) is 13.2 Å². The van der Waals surface area contributed by atoms with Gasteiger partial charge in [0.1, 0.15) is 0 Å². The van der Waals surface area contributed by atoms with E-state index in [9.17, 15) is 22.8 Å². The number of ether oxygens (including phenoxy) is 1. The van der Waals surface area contributed by atoms with Crippen molar-refractivity contribution in [3.8, 4) is 11.3 Å². The van der Waals surface area contributed by atoms with Gasteiger partial charge in [0.15, 0.2) is 5.16 Å². The lowest BCUT2D eigenvalue weighted by atomic mass is 10.2. The number of hydrogen-bond donors (Lipinski definition) is 1. The van der Waals surface area contributed by atoms with Gasteiger partial charge < -0.3 is 9.72 Å². The van der Waals surface area contributed by atoms with E-state index in [0.717, 1.165) is 17.3 Å². The number of aromatic nitrogens is 3. The summed E-state index contributed by atoms with van der Waals surface area (Å²) in [6.07, 6.45) is -0.454. The number of thioether (sulfide) groups is 1. The van der Waals surface area contributed by atoms with Crippen LogP contribution in [0.15, 0.2) is 35.9 Å². The van der Waals surface area contributed by atoms with Crippen molar-refractivity contribution in [2.45, 2.75) is 11.3 Å². The molecule has 0 fully saturated rings. The zero-order valence-electron chi connectivity index (χ0n) is 10.8. The number of rotatable bonds is 4. The Bertz CT molecular complexity index is 673. The fraction of sp³-hybridized carbons (Fsp3) is 0.167. The minimum Gasteiger partial charge on any atom is -0.386 e. The van der Waals surface area contributed by atoms with Crippen molar-refractivity contribution in [3.05, 3.63) is 30.7 Å². The number of esters is 2. The second-order valence-electron chi connectivity index (χ2n) is 3.88. The van der Waals surface area contributed by atoms with Gasteiger partial charge in [0.05, 0.1) is 11.4 Å². The molecule has 0 amide bonds. The first kappa shape index (κ1) is 16.0. The van der Waals surface area contributed by atoms with E-state index in [2.05, 4.69) is 19.7 Å². The molecule has 0 aliphatic rings. The number of H-pyrrole nitrogens is 1. The third kappa shape index (κ3) is 4.32. The molecule has 0 spiro atoms. The van der Waals surface area contributed by atoms with E-state index >= 15 is 0 Å². The molecule has 0 saturated carbocycles. The van der Waals surface area contributed by atoms with Gasteiger partial charge >= 0.3 is 18.1 Å². The van der Waals surface area contributed by atoms with Crippen LogP contribution >= 0.6 is 11.8 Å². The molecule has 0 bridgehead atoms. The van der Waals surface area contributed by atoms with Crippen molar-refractivity contribution in [1.29, 1.82) is 0 Å². The predicted molar refractivity (Wildman–Crippen MR) is 69.7 cm³/mol. The van der Waals surface area contributed by atoms with Crippen molar-refractivity contribution in [2.75, 3.05) is 5.75 Å². The molecule has 116 valence electrons. The minimum atomic E-state index is -5.20. The highest BCUT2D eigenvalue weighted by molar-refractivity contribution is 7.99. The number of carbonyl (C=O) groups is 2. The Morgan fingerprint density at radius 1 is 1.36 bits per heavy atom. The van der Waals surface area contributed by atoms with Crippen LogP contribution in [-0.4, -0.2) is 38.8 Å². The van der Waals surface area contributed by atoms with E-state index in [-0.39, 0.29) is 0 Å². The summed E-state index contributed by atoms with van der Waals surface area (Å²) in [5.74, 6) is -4.32. The third-order valence-electron chi connectivity index (χ3n) is 2.28. The highest BCUT2D eigenvalue weighted by atomic mass is 32.2. The Morgan fingerprint density at radius 3 is 2.77 bits per heavy atom. The Balaban J connectivity index is 1.89. The van der Waals surface area contributed by atoms with E-state index in [4.69, 9.17) is 0 Å². The average Bonchev–Trinajstić information content (AvgIpc) is 2.94. The van der Waals surface area contributed by atoms with Crippen LogP contribution in [0.5, 0.6) is 0 Å². The molecule has 1 N–H and O–H groups in total. The topological polar surface area (TPSA) is 84.9 Å². The van der Waals surface area contributed by atoms with Crippen molar-refractivity contribution in [3.63, 3.8) is 0 Å². The molecule has 10 heteroatoms. The highest BCUT2D eigenvalue weighted by Gasteiger charge is 2.42. The summed E-state index contributed by atoms with van der Waals surface area (Å²) in [6.45, 7) is 0. The molecule has 2 rings (SSSR count). The standard InChI is InChI=1S/C12H8F3N3O3S/c13-12(14,15)10(20)21-9(19)6-22-11-17-5-8(18-11)7-2-1-3-16-4-7/h1-5H,6H2,(H,17,18). The van der Waals surface area contributed by atoms with Crippen molar-refractivity contribution < 1.29 is 27.5 Å². The van der Waals surface area contributed by atoms with Gasteiger partial charge in [-0.3, -0.25) is 9.78 Å². The summed E-state index contributed by atoms with van der Waals surface area (Å²) < 4.78 is 39.4. The molecule has 0 radical (unpaired) electrons. The van der Waals surface area contributed by atoms with Gasteiger partial charge in [0.25, 0.3) is 0 Å². The van der Waals surface area contributed by atoms with Crippen molar-refractivity contribution in [1.82, 2.24) is 15.0 Å². The number of halogens is 3. The molecule has 0 saturated heterocycles. The van der Waals surface area contributed by atoms with Gasteiger partial charge in [-0.25, -0.2) is 9.78 Å². The van der Waals surface area contributed by atoms with E-state index in [0.29, 0.717) is 10.9 Å². The molecule has 0 aliphatic heterocycles. The fourth-order valence-corrected chi connectivity index (χ4v) is 1.98. The zero-order valence-corrected chi connectivity index (χ0v) is 11.6. The molecule has 2 aromatic rings. The second kappa shape index (κ2) is 6.60. The molecular formula is C12H8F3N3O3S. The number of imidazole rings is 1. The number of aromatic amines is 1. The Morgan fingerprint density at radius 2 is 2.14 bits per heavy atom. The smallest absolute Gasteiger partial charge is 0.386 e. The van der Waals surface area contributed by atoms with E-state index in [1.807, 2.05) is 0 Å². The molecular weight excluding hydrogens is 323 g/mol. The van der Waals surface area contributed by atoms with Crippen LogP contribution in [0, 0.1) is 0 Å². The maximum atomic E-state index is 11.9. The first-order valence-corrected chi connectivity index (χ1v) is 6.75. The Labute approximate surface area is 126 Å². The quantitative estimate of drug-likeness (QED) is 0.525. The highest BCUT2D eigenvalue weighted by Crippen LogP contribution is 2.21. The summed E-state index contributed by atoms with van der Waals surface area (Å²) in [5, 5.41) is 0.301. The number of nitrogens with one attached hydrogen (secondary N) is 1. The molecule has 0 aliphatic carbocycles. The predicted octanol–water partition coefficient (Wildman–Crippen LogP) is 2.20. The van der Waals surface area contributed by atoms with E-state index in [1.165, 1.54) is 0 Å². The Kier molecular flexibility index (Phi) is 4.81. The van der Waals surface area contributed by atoms with Crippen LogP contribution in [0.1, 0.15) is 0 Å². The van der Waals surface area contributed by atoms with Crippen molar-refractivity contribution >= 4 is 23.7 Å². The third-order valence-corrected chi connectivity index (χ3v) is 3.14. The molecule has 22 heavy (non-hydrogen) atoms. The van der Waals surface area contributed by atoms with Crippen molar-refractivity contribution in [2.24, 2.45) is 0 Å². The first-order valence-electron chi connectivity index (χ1n) is 5.76. The van der Waals surface area contributed by atoms with Gasteiger partial charge in [-0.15, -0.1) is 0 Å². The van der Waals surface area contributed by atoms with Crippen LogP contribution in [0.4, 0.5) is 13.2 Å². The van der Waals surface area contributed by atoms with Crippen LogP contribution in [0.3, 0.4) is 0 Å². The molecule has 2 heterocycles. The summed E-state index contributed by atoms with van der Waals surface area (Å²) >= 11 is 0.815. The SMILES string of the molecule is O=C(CSc1nc(-c2cccnc2)c[nH]1)OC(=O)C(F)(F)F. The van der Waals surface area contributed by atoms with E-state index in [1.54, 1.807) is 30.7 Å². The lowest BCUT2D eigenvalue weighted by Crippen LogP contribution is -2.28. The molecule has 6 nitrogen and oxygen atoms in total. The summed E-state index contributed by atoms with van der Waals surface area (Å²) in [4.78, 5) is 32.4. The van der Waals surface area contributed by atoms with Gasteiger partial charge in [0, 0.05) is 24.2 Å². The molecule has 0 aromatic carbocycles. The normalized spacial score (nSPS) is 11.2. The minimum absolute atomic E-state index is 0.301. The molecule has 0 atom stereocenters. The fourth-order valence-electron chi connectivity index (χ4n) is 1.36. The summed E-state index contributed by atoms with van der Waals surface area (Å²) in [7, 11) is 0. The zero-order chi connectivity index (χ0) is 16.2. The number of carbonyl (C=O) groups excluding carboxylic acids is 2. The van der Waals surface area contributed by atoms with Gasteiger partial charge in [-0.05, 0) is 12.1 Å². The van der Waals surface area contributed by atoms with E-state index < -0.39 is 23.9 Å².